The lowest BCUT2D eigenvalue weighted by atomic mass is 10.1. The minimum atomic E-state index is -0.887. The van der Waals surface area contributed by atoms with Gasteiger partial charge in [-0.1, -0.05) is 11.6 Å². The first-order chi connectivity index (χ1) is 10.7. The zero-order valence-electron chi connectivity index (χ0n) is 12.3. The van der Waals surface area contributed by atoms with Gasteiger partial charge in [0.1, 0.15) is 0 Å². The predicted molar refractivity (Wildman–Crippen MR) is 80.0 cm³/mol. The van der Waals surface area contributed by atoms with Gasteiger partial charge in [-0.05, 0) is 38.1 Å². The minimum absolute atomic E-state index is 0.446. The highest BCUT2D eigenvalue weighted by Crippen LogP contribution is 2.17. The summed E-state index contributed by atoms with van der Waals surface area (Å²) in [4.78, 5) is 2.42. The summed E-state index contributed by atoms with van der Waals surface area (Å²) < 4.78 is 27.8. The van der Waals surface area contributed by atoms with Crippen LogP contribution in [0.15, 0.2) is 24.4 Å². The molecule has 1 fully saturated rings. The van der Waals surface area contributed by atoms with Crippen LogP contribution in [0.25, 0.3) is 0 Å². The smallest absolute Gasteiger partial charge is 0.172 e. The van der Waals surface area contributed by atoms with E-state index < -0.39 is 11.6 Å². The number of benzene rings is 1. The molecule has 0 bridgehead atoms. The van der Waals surface area contributed by atoms with Crippen molar-refractivity contribution in [3.63, 3.8) is 0 Å². The number of nitrogens with zero attached hydrogens (tertiary/aromatic N) is 4. The topological polar surface area (TPSA) is 46.0 Å². The van der Waals surface area contributed by atoms with Crippen LogP contribution in [0.2, 0.25) is 0 Å². The molecule has 22 heavy (non-hydrogen) atoms. The summed E-state index contributed by atoms with van der Waals surface area (Å²) in [6, 6.07) is 3.64. The van der Waals surface area contributed by atoms with E-state index in [1.165, 1.54) is 25.3 Å². The van der Waals surface area contributed by atoms with Crippen molar-refractivity contribution in [2.45, 2.75) is 25.8 Å². The Morgan fingerprint density at radius 2 is 1.86 bits per heavy atom. The van der Waals surface area contributed by atoms with Crippen LogP contribution in [0.3, 0.4) is 0 Å². The van der Waals surface area contributed by atoms with Crippen molar-refractivity contribution in [1.29, 1.82) is 0 Å². The van der Waals surface area contributed by atoms with Gasteiger partial charge in [-0.2, -0.15) is 0 Å². The fourth-order valence-corrected chi connectivity index (χ4v) is 2.61. The molecule has 2 aromatic rings. The second kappa shape index (κ2) is 6.83. The molecular weight excluding hydrogens is 288 g/mol. The summed E-state index contributed by atoms with van der Waals surface area (Å²) in [5, 5.41) is 11.0. The van der Waals surface area contributed by atoms with E-state index in [0.29, 0.717) is 11.5 Å². The second-order valence-electron chi connectivity index (χ2n) is 5.52. The van der Waals surface area contributed by atoms with Gasteiger partial charge >= 0.3 is 0 Å². The molecule has 1 aromatic heterocycles. The van der Waals surface area contributed by atoms with Crippen LogP contribution in [0, 0.1) is 11.6 Å². The number of rotatable bonds is 5. The molecule has 0 aliphatic carbocycles. The molecule has 1 aromatic carbocycles. The molecule has 1 saturated heterocycles. The third kappa shape index (κ3) is 3.79. The third-order valence-corrected chi connectivity index (χ3v) is 3.82. The number of halogens is 2. The Morgan fingerprint density at radius 3 is 2.64 bits per heavy atom. The zero-order valence-corrected chi connectivity index (χ0v) is 12.3. The van der Waals surface area contributed by atoms with Crippen LogP contribution in [0.4, 0.5) is 20.3 Å². The molecule has 0 radical (unpaired) electrons. The van der Waals surface area contributed by atoms with Crippen molar-refractivity contribution in [2.24, 2.45) is 0 Å². The number of aromatic nitrogens is 3. The quantitative estimate of drug-likeness (QED) is 0.922. The maximum Gasteiger partial charge on any atom is 0.172 e. The van der Waals surface area contributed by atoms with E-state index in [4.69, 9.17) is 0 Å². The van der Waals surface area contributed by atoms with Crippen molar-refractivity contribution >= 4 is 11.5 Å². The van der Waals surface area contributed by atoms with Gasteiger partial charge in [0.25, 0.3) is 0 Å². The molecule has 0 spiro atoms. The molecule has 0 unspecified atom stereocenters. The summed E-state index contributed by atoms with van der Waals surface area (Å²) in [6.45, 7) is 4.02. The van der Waals surface area contributed by atoms with Crippen LogP contribution < -0.4 is 5.32 Å². The van der Waals surface area contributed by atoms with Crippen LogP contribution >= 0.6 is 0 Å². The summed E-state index contributed by atoms with van der Waals surface area (Å²) in [6.07, 6.45) is 5.62. The van der Waals surface area contributed by atoms with Gasteiger partial charge in [-0.3, -0.25) is 0 Å². The Labute approximate surface area is 127 Å². The summed E-state index contributed by atoms with van der Waals surface area (Å²) in [5.74, 6) is -1.23. The van der Waals surface area contributed by atoms with Crippen molar-refractivity contribution in [3.05, 3.63) is 36.0 Å². The average molecular weight is 307 g/mol. The van der Waals surface area contributed by atoms with Crippen molar-refractivity contribution < 1.29 is 8.78 Å². The number of likely N-dealkylation sites (tertiary alicyclic amines) is 1. The van der Waals surface area contributed by atoms with Gasteiger partial charge in [0, 0.05) is 18.3 Å². The Morgan fingerprint density at radius 1 is 1.05 bits per heavy atom. The SMILES string of the molecule is Fc1ccc(Nc2cn(CCN3CCCCC3)nn2)cc1F. The highest BCUT2D eigenvalue weighted by Gasteiger charge is 2.10. The fraction of sp³-hybridized carbons (Fsp3) is 0.467. The van der Waals surface area contributed by atoms with Gasteiger partial charge in [0.2, 0.25) is 0 Å². The van der Waals surface area contributed by atoms with Crippen molar-refractivity contribution in [3.8, 4) is 0 Å². The van der Waals surface area contributed by atoms with E-state index in [0.717, 1.165) is 38.3 Å². The number of hydrogen-bond donors (Lipinski definition) is 1. The molecule has 1 aliphatic heterocycles. The molecule has 1 N–H and O–H groups in total. The Balaban J connectivity index is 1.55. The van der Waals surface area contributed by atoms with Crippen molar-refractivity contribution in [2.75, 3.05) is 25.0 Å². The third-order valence-electron chi connectivity index (χ3n) is 3.82. The molecule has 118 valence electrons. The molecule has 1 aliphatic rings. The number of hydrogen-bond acceptors (Lipinski definition) is 4. The number of nitrogens with one attached hydrogen (secondary N) is 1. The Bertz CT molecular complexity index is 622. The highest BCUT2D eigenvalue weighted by atomic mass is 19.2. The summed E-state index contributed by atoms with van der Waals surface area (Å²) >= 11 is 0. The summed E-state index contributed by atoms with van der Waals surface area (Å²) in [5.41, 5.74) is 0.446. The first kappa shape index (κ1) is 14.9. The standard InChI is InChI=1S/C15H19F2N5/c16-13-5-4-12(10-14(13)17)18-15-11-22(20-19-15)9-8-21-6-2-1-3-7-21/h4-5,10-11,18H,1-3,6-9H2. The van der Waals surface area contributed by atoms with Gasteiger partial charge in [0.05, 0.1) is 12.7 Å². The molecule has 2 heterocycles. The fourth-order valence-electron chi connectivity index (χ4n) is 2.61. The minimum Gasteiger partial charge on any atom is -0.337 e. The van der Waals surface area contributed by atoms with Gasteiger partial charge in [-0.15, -0.1) is 5.10 Å². The lowest BCUT2D eigenvalue weighted by Gasteiger charge is -2.25. The Hall–Kier alpha value is -2.02. The monoisotopic (exact) mass is 307 g/mol. The number of anilines is 2. The molecule has 7 heteroatoms. The molecule has 0 atom stereocenters. The van der Waals surface area contributed by atoms with Crippen LogP contribution in [0.1, 0.15) is 19.3 Å². The van der Waals surface area contributed by atoms with E-state index in [-0.39, 0.29) is 0 Å². The molecular formula is C15H19F2N5. The van der Waals surface area contributed by atoms with E-state index >= 15 is 0 Å². The van der Waals surface area contributed by atoms with Crippen LogP contribution in [0.5, 0.6) is 0 Å². The van der Waals surface area contributed by atoms with Gasteiger partial charge in [-0.25, -0.2) is 13.5 Å². The highest BCUT2D eigenvalue weighted by molar-refractivity contribution is 5.54. The second-order valence-corrected chi connectivity index (χ2v) is 5.52. The van der Waals surface area contributed by atoms with Crippen molar-refractivity contribution in [1.82, 2.24) is 19.9 Å². The maximum absolute atomic E-state index is 13.2. The van der Waals surface area contributed by atoms with E-state index in [1.807, 2.05) is 0 Å². The lowest BCUT2D eigenvalue weighted by Crippen LogP contribution is -2.32. The van der Waals surface area contributed by atoms with Gasteiger partial charge < -0.3 is 10.2 Å². The maximum atomic E-state index is 13.2. The summed E-state index contributed by atoms with van der Waals surface area (Å²) in [7, 11) is 0. The lowest BCUT2D eigenvalue weighted by molar-refractivity contribution is 0.217. The Kier molecular flexibility index (Phi) is 4.62. The largest absolute Gasteiger partial charge is 0.337 e. The van der Waals surface area contributed by atoms with Crippen LogP contribution in [-0.4, -0.2) is 39.5 Å². The van der Waals surface area contributed by atoms with E-state index in [2.05, 4.69) is 20.5 Å². The van der Waals surface area contributed by atoms with Gasteiger partial charge in [0.15, 0.2) is 17.5 Å². The number of piperidine rings is 1. The van der Waals surface area contributed by atoms with E-state index in [9.17, 15) is 8.78 Å². The first-order valence-corrected chi connectivity index (χ1v) is 7.55. The molecule has 3 rings (SSSR count). The molecule has 5 nitrogen and oxygen atoms in total. The first-order valence-electron chi connectivity index (χ1n) is 7.55. The van der Waals surface area contributed by atoms with E-state index in [1.54, 1.807) is 10.9 Å². The predicted octanol–water partition coefficient (Wildman–Crippen LogP) is 2.79. The molecule has 0 amide bonds. The normalized spacial score (nSPS) is 15.9. The molecule has 0 saturated carbocycles. The van der Waals surface area contributed by atoms with Crippen LogP contribution in [-0.2, 0) is 6.54 Å². The average Bonchev–Trinajstić information content (AvgIpc) is 2.97. The zero-order chi connectivity index (χ0) is 15.4.